The van der Waals surface area contributed by atoms with Crippen molar-refractivity contribution >= 4 is 5.91 Å². The highest BCUT2D eigenvalue weighted by atomic mass is 16.7. The van der Waals surface area contributed by atoms with Crippen molar-refractivity contribution in [2.45, 2.75) is 33.0 Å². The highest BCUT2D eigenvalue weighted by molar-refractivity contribution is 5.91. The van der Waals surface area contributed by atoms with Gasteiger partial charge in [-0.1, -0.05) is 6.07 Å². The molecule has 7 nitrogen and oxygen atoms in total. The first-order chi connectivity index (χ1) is 13.6. The summed E-state index contributed by atoms with van der Waals surface area (Å²) >= 11 is 0. The topological polar surface area (TPSA) is 67.2 Å². The fourth-order valence-corrected chi connectivity index (χ4v) is 3.54. The summed E-state index contributed by atoms with van der Waals surface area (Å²) in [5.74, 6) is 2.72. The third kappa shape index (κ3) is 4.48. The fraction of sp³-hybridized carbons (Fsp3) is 0.476. The van der Waals surface area contributed by atoms with Gasteiger partial charge in [-0.3, -0.25) is 14.6 Å². The van der Waals surface area contributed by atoms with Gasteiger partial charge in [-0.05, 0) is 43.7 Å². The lowest BCUT2D eigenvalue weighted by Crippen LogP contribution is -2.45. The Morgan fingerprint density at radius 1 is 1.00 bits per heavy atom. The van der Waals surface area contributed by atoms with Gasteiger partial charge >= 0.3 is 0 Å². The quantitative estimate of drug-likeness (QED) is 0.824. The summed E-state index contributed by atoms with van der Waals surface area (Å²) in [6, 6.07) is 9.90. The smallest absolute Gasteiger partial charge is 0.287 e. The molecule has 4 rings (SSSR count). The van der Waals surface area contributed by atoms with Crippen LogP contribution in [0.2, 0.25) is 0 Å². The number of carbonyl (C=O) groups excluding carboxylic acids is 1. The molecule has 2 aromatic rings. The molecule has 1 aromatic carbocycles. The van der Waals surface area contributed by atoms with E-state index in [1.165, 1.54) is 5.56 Å². The minimum atomic E-state index is -0.158. The second-order valence-electron chi connectivity index (χ2n) is 7.63. The zero-order valence-corrected chi connectivity index (χ0v) is 16.4. The van der Waals surface area contributed by atoms with Gasteiger partial charge in [0.1, 0.15) is 5.76 Å². The number of amides is 1. The number of hydrogen-bond acceptors (Lipinski definition) is 6. The number of furan rings is 1. The van der Waals surface area contributed by atoms with Crippen LogP contribution in [-0.4, -0.2) is 54.7 Å². The molecule has 1 amide bonds. The molecule has 1 fully saturated rings. The largest absolute Gasteiger partial charge is 0.455 e. The van der Waals surface area contributed by atoms with Crippen LogP contribution in [0.1, 0.15) is 35.7 Å². The highest BCUT2D eigenvalue weighted by Gasteiger charge is 2.20. The Balaban J connectivity index is 1.25. The molecule has 0 spiro atoms. The lowest BCUT2D eigenvalue weighted by atomic mass is 10.1. The maximum absolute atomic E-state index is 12.0. The predicted molar refractivity (Wildman–Crippen MR) is 104 cm³/mol. The molecule has 0 bridgehead atoms. The molecule has 0 aliphatic carbocycles. The molecular weight excluding hydrogens is 358 g/mol. The van der Waals surface area contributed by atoms with Crippen LogP contribution in [0.4, 0.5) is 0 Å². The Morgan fingerprint density at radius 3 is 2.46 bits per heavy atom. The highest BCUT2D eigenvalue weighted by Crippen LogP contribution is 2.32. The molecule has 0 radical (unpaired) electrons. The third-order valence-electron chi connectivity index (χ3n) is 4.99. The van der Waals surface area contributed by atoms with Crippen molar-refractivity contribution in [3.05, 3.63) is 47.4 Å². The van der Waals surface area contributed by atoms with Crippen LogP contribution in [0.5, 0.6) is 11.5 Å². The number of rotatable bonds is 6. The predicted octanol–water partition coefficient (Wildman–Crippen LogP) is 2.46. The summed E-state index contributed by atoms with van der Waals surface area (Å²) in [5.41, 5.74) is 1.24. The summed E-state index contributed by atoms with van der Waals surface area (Å²) in [7, 11) is 0. The zero-order valence-electron chi connectivity index (χ0n) is 16.4. The summed E-state index contributed by atoms with van der Waals surface area (Å²) in [5, 5.41) is 2.85. The zero-order chi connectivity index (χ0) is 19.5. The van der Waals surface area contributed by atoms with Crippen molar-refractivity contribution in [1.82, 2.24) is 15.1 Å². The molecule has 7 heteroatoms. The van der Waals surface area contributed by atoms with E-state index in [0.29, 0.717) is 12.6 Å². The number of nitrogens with one attached hydrogen (secondary N) is 1. The maximum atomic E-state index is 12.0. The molecule has 2 aliphatic rings. The van der Waals surface area contributed by atoms with E-state index in [9.17, 15) is 4.79 Å². The molecule has 28 heavy (non-hydrogen) atoms. The van der Waals surface area contributed by atoms with Crippen LogP contribution in [0.25, 0.3) is 0 Å². The molecular formula is C21H27N3O4. The summed E-state index contributed by atoms with van der Waals surface area (Å²) in [6.07, 6.45) is 0. The van der Waals surface area contributed by atoms with Crippen LogP contribution in [-0.2, 0) is 13.1 Å². The Bertz CT molecular complexity index is 825. The van der Waals surface area contributed by atoms with Gasteiger partial charge in [0.15, 0.2) is 17.3 Å². The molecule has 0 unspecified atom stereocenters. The SMILES string of the molecule is CC(C)NC(=O)c1ccc(CN2CCN(Cc3ccc4c(c3)OCO4)CC2)o1. The number of benzene rings is 1. The van der Waals surface area contributed by atoms with Gasteiger partial charge in [0.2, 0.25) is 6.79 Å². The summed E-state index contributed by atoms with van der Waals surface area (Å²) < 4.78 is 16.6. The Kier molecular flexibility index (Phi) is 5.54. The maximum Gasteiger partial charge on any atom is 0.287 e. The van der Waals surface area contributed by atoms with Gasteiger partial charge in [-0.2, -0.15) is 0 Å². The van der Waals surface area contributed by atoms with E-state index in [-0.39, 0.29) is 11.9 Å². The van der Waals surface area contributed by atoms with E-state index in [4.69, 9.17) is 13.9 Å². The number of ether oxygens (including phenoxy) is 2. The van der Waals surface area contributed by atoms with E-state index >= 15 is 0 Å². The van der Waals surface area contributed by atoms with Crippen LogP contribution in [0.15, 0.2) is 34.7 Å². The Morgan fingerprint density at radius 2 is 1.71 bits per heavy atom. The lowest BCUT2D eigenvalue weighted by molar-refractivity contribution is 0.0904. The summed E-state index contributed by atoms with van der Waals surface area (Å²) in [6.45, 7) is 9.75. The molecule has 2 aliphatic heterocycles. The van der Waals surface area contributed by atoms with Crippen LogP contribution >= 0.6 is 0 Å². The van der Waals surface area contributed by atoms with Crippen LogP contribution in [0.3, 0.4) is 0 Å². The molecule has 150 valence electrons. The first-order valence-corrected chi connectivity index (χ1v) is 9.79. The Hall–Kier alpha value is -2.51. The number of hydrogen-bond donors (Lipinski definition) is 1. The van der Waals surface area contributed by atoms with Gasteiger partial charge in [0.05, 0.1) is 6.54 Å². The Labute approximate surface area is 165 Å². The molecule has 0 saturated carbocycles. The molecule has 1 N–H and O–H groups in total. The van der Waals surface area contributed by atoms with Gasteiger partial charge < -0.3 is 19.2 Å². The van der Waals surface area contributed by atoms with Crippen molar-refractivity contribution in [3.63, 3.8) is 0 Å². The van der Waals surface area contributed by atoms with Gasteiger partial charge in [-0.25, -0.2) is 0 Å². The summed E-state index contributed by atoms with van der Waals surface area (Å²) in [4.78, 5) is 16.8. The van der Waals surface area contributed by atoms with E-state index in [2.05, 4.69) is 27.2 Å². The number of carbonyl (C=O) groups is 1. The first kappa shape index (κ1) is 18.8. The van der Waals surface area contributed by atoms with Crippen molar-refractivity contribution in [1.29, 1.82) is 0 Å². The van der Waals surface area contributed by atoms with E-state index in [0.717, 1.165) is 56.5 Å². The molecule has 3 heterocycles. The van der Waals surface area contributed by atoms with Gasteiger partial charge in [-0.15, -0.1) is 0 Å². The minimum Gasteiger partial charge on any atom is -0.455 e. The van der Waals surface area contributed by atoms with E-state index < -0.39 is 0 Å². The molecule has 0 atom stereocenters. The lowest BCUT2D eigenvalue weighted by Gasteiger charge is -2.34. The van der Waals surface area contributed by atoms with Crippen LogP contribution in [0, 0.1) is 0 Å². The normalized spacial score (nSPS) is 17.2. The molecule has 1 saturated heterocycles. The van der Waals surface area contributed by atoms with Crippen LogP contribution < -0.4 is 14.8 Å². The second kappa shape index (κ2) is 8.24. The number of piperazine rings is 1. The number of fused-ring (bicyclic) bond motifs is 1. The van der Waals surface area contributed by atoms with Crippen molar-refractivity contribution in [2.75, 3.05) is 33.0 Å². The van der Waals surface area contributed by atoms with Crippen molar-refractivity contribution < 1.29 is 18.7 Å². The first-order valence-electron chi connectivity index (χ1n) is 9.79. The second-order valence-corrected chi connectivity index (χ2v) is 7.63. The van der Waals surface area contributed by atoms with Crippen molar-refractivity contribution in [2.24, 2.45) is 0 Å². The van der Waals surface area contributed by atoms with E-state index in [1.54, 1.807) is 6.07 Å². The number of nitrogens with zero attached hydrogens (tertiary/aromatic N) is 2. The average molecular weight is 385 g/mol. The monoisotopic (exact) mass is 385 g/mol. The molecule has 1 aromatic heterocycles. The van der Waals surface area contributed by atoms with Gasteiger partial charge in [0.25, 0.3) is 5.91 Å². The average Bonchev–Trinajstić information content (AvgIpc) is 3.32. The van der Waals surface area contributed by atoms with Crippen molar-refractivity contribution in [3.8, 4) is 11.5 Å². The standard InChI is InChI=1S/C21H27N3O4/c1-15(2)22-21(25)19-6-4-17(28-19)13-24-9-7-23(8-10-24)12-16-3-5-18-20(11-16)27-14-26-18/h3-6,11,15H,7-10,12-14H2,1-2H3,(H,22,25). The third-order valence-corrected chi connectivity index (χ3v) is 4.99. The van der Waals surface area contributed by atoms with E-state index in [1.807, 2.05) is 26.0 Å². The fourth-order valence-electron chi connectivity index (χ4n) is 3.54. The minimum absolute atomic E-state index is 0.0962. The van der Waals surface area contributed by atoms with Gasteiger partial charge in [0, 0.05) is 38.8 Å².